The fourth-order valence-electron chi connectivity index (χ4n) is 8.87. The Balaban J connectivity index is 1.08. The van der Waals surface area contributed by atoms with Crippen LogP contribution in [0.5, 0.6) is 11.5 Å². The second-order valence-corrected chi connectivity index (χ2v) is 20.6. The predicted molar refractivity (Wildman–Crippen MR) is 263 cm³/mol. The molecule has 1 amide bonds. The monoisotopic (exact) mass is 938 g/mol. The molecule has 6 N–H and O–H groups in total. The third kappa shape index (κ3) is 12.4. The van der Waals surface area contributed by atoms with Crippen LogP contribution in [0.4, 0.5) is 11.4 Å². The van der Waals surface area contributed by atoms with E-state index in [1.54, 1.807) is 30.3 Å². The number of H-pyrrole nitrogens is 1. The molecule has 1 saturated heterocycles. The molecule has 5 aromatic rings. The number of allylic oxidation sites excluding steroid dienone is 1. The highest BCUT2D eigenvalue weighted by Gasteiger charge is 2.35. The Labute approximate surface area is 393 Å². The number of nitrogens with one attached hydrogen (secondary N) is 5. The minimum Gasteiger partial charge on any atom is -0.456 e. The molecule has 0 bridgehead atoms. The van der Waals surface area contributed by atoms with Crippen LogP contribution >= 0.6 is 11.6 Å². The van der Waals surface area contributed by atoms with Crippen molar-refractivity contribution in [2.75, 3.05) is 64.1 Å². The normalized spacial score (nSPS) is 16.5. The minimum absolute atomic E-state index is 0.0199. The Morgan fingerprint density at radius 2 is 1.76 bits per heavy atom. The largest absolute Gasteiger partial charge is 0.456 e. The van der Waals surface area contributed by atoms with Crippen LogP contribution < -0.4 is 25.4 Å². The maximum atomic E-state index is 14.1. The number of carbonyl (C=O) groups excluding carboxylic acids is 2. The summed E-state index contributed by atoms with van der Waals surface area (Å²) < 4.78 is 42.4. The number of sulfonamides is 1. The van der Waals surface area contributed by atoms with Crippen LogP contribution in [0.25, 0.3) is 16.5 Å². The van der Waals surface area contributed by atoms with Crippen LogP contribution in [0.1, 0.15) is 80.3 Å². The zero-order valence-electron chi connectivity index (χ0n) is 38.3. The van der Waals surface area contributed by atoms with Crippen molar-refractivity contribution >= 4 is 61.7 Å². The zero-order chi connectivity index (χ0) is 46.9. The lowest BCUT2D eigenvalue weighted by atomic mass is 9.72. The molecule has 0 spiro atoms. The molecule has 1 aliphatic heterocycles. The molecule has 1 unspecified atom stereocenters. The summed E-state index contributed by atoms with van der Waals surface area (Å²) in [6.45, 7) is 8.45. The molecular weight excluding hydrogens is 876 g/mol. The summed E-state index contributed by atoms with van der Waals surface area (Å²) in [6.07, 6.45) is 6.93. The molecule has 7 rings (SSSR count). The lowest BCUT2D eigenvalue weighted by Gasteiger charge is -2.43. The van der Waals surface area contributed by atoms with Gasteiger partial charge in [-0.1, -0.05) is 43.2 Å². The highest BCUT2D eigenvalue weighted by molar-refractivity contribution is 7.90. The van der Waals surface area contributed by atoms with E-state index >= 15 is 0 Å². The lowest BCUT2D eigenvalue weighted by molar-refractivity contribution is -0.108. The fourth-order valence-corrected chi connectivity index (χ4v) is 10.0. The molecule has 2 aliphatic rings. The van der Waals surface area contributed by atoms with Crippen LogP contribution in [0.15, 0.2) is 102 Å². The molecule has 1 fully saturated rings. The summed E-state index contributed by atoms with van der Waals surface area (Å²) >= 11 is 6.21. The van der Waals surface area contributed by atoms with Gasteiger partial charge in [0.25, 0.3) is 15.9 Å². The SMILES string of the molecule is CN(C)C1(CNc2ccc(S(=O)(=O)NC(=O)c3ccc(NCCNCC4=C(c5ccc(Cl)cc5)CC(C)(C)CC4)cc3Oc3ccc4[nH]ccc4c3)cc2CC(O)CCC=O)CCOCC1. The molecule has 4 aromatic carbocycles. The van der Waals surface area contributed by atoms with Crippen LogP contribution in [0, 0.1) is 5.41 Å². The van der Waals surface area contributed by atoms with E-state index in [1.165, 1.54) is 28.8 Å². The number of benzene rings is 4. The van der Waals surface area contributed by atoms with E-state index in [9.17, 15) is 23.1 Å². The number of carbonyl (C=O) groups is 2. The van der Waals surface area contributed by atoms with Gasteiger partial charge in [-0.25, -0.2) is 13.1 Å². The quantitative estimate of drug-likeness (QED) is 0.0307. The number of aromatic amines is 1. The number of likely N-dealkylation sites (N-methyl/N-ethyl adjacent to an activating group) is 1. The van der Waals surface area contributed by atoms with Gasteiger partial charge in [0, 0.05) is 97.3 Å². The second-order valence-electron chi connectivity index (χ2n) is 18.5. The van der Waals surface area contributed by atoms with Crippen LogP contribution in [-0.4, -0.2) is 101 Å². The highest BCUT2D eigenvalue weighted by atomic mass is 35.5. The first-order valence-corrected chi connectivity index (χ1v) is 24.6. The lowest BCUT2D eigenvalue weighted by Crippen LogP contribution is -2.53. The van der Waals surface area contributed by atoms with Gasteiger partial charge >= 0.3 is 0 Å². The number of aromatic nitrogens is 1. The number of nitrogens with zero attached hydrogens (tertiary/aromatic N) is 1. The Kier molecular flexibility index (Phi) is 15.9. The molecule has 13 nitrogen and oxygen atoms in total. The first-order chi connectivity index (χ1) is 31.6. The van der Waals surface area contributed by atoms with Crippen molar-refractivity contribution in [3.05, 3.63) is 118 Å². The number of aliphatic hydroxyl groups excluding tert-OH is 1. The summed E-state index contributed by atoms with van der Waals surface area (Å²) in [7, 11) is -0.359. The van der Waals surface area contributed by atoms with Crippen LogP contribution in [-0.2, 0) is 26.0 Å². The van der Waals surface area contributed by atoms with Gasteiger partial charge in [-0.3, -0.25) is 4.79 Å². The van der Waals surface area contributed by atoms with Gasteiger partial charge < -0.3 is 45.2 Å². The Morgan fingerprint density at radius 1 is 0.970 bits per heavy atom. The molecule has 1 aromatic heterocycles. The van der Waals surface area contributed by atoms with Crippen molar-refractivity contribution in [2.45, 2.75) is 81.8 Å². The smallest absolute Gasteiger partial charge is 0.268 e. The third-order valence-electron chi connectivity index (χ3n) is 13.0. The number of anilines is 2. The summed E-state index contributed by atoms with van der Waals surface area (Å²) in [4.78, 5) is 30.4. The number of fused-ring (bicyclic) bond motifs is 1. The Bertz CT molecular complexity index is 2620. The van der Waals surface area contributed by atoms with E-state index < -0.39 is 22.0 Å². The van der Waals surface area contributed by atoms with Crippen molar-refractivity contribution in [2.24, 2.45) is 5.41 Å². The Hall–Kier alpha value is -5.22. The second kappa shape index (κ2) is 21.6. The Morgan fingerprint density at radius 3 is 2.52 bits per heavy atom. The molecule has 66 heavy (non-hydrogen) atoms. The maximum absolute atomic E-state index is 14.1. The molecule has 2 heterocycles. The number of rotatable bonds is 21. The number of ether oxygens (including phenoxy) is 2. The average molecular weight is 940 g/mol. The van der Waals surface area contributed by atoms with Gasteiger partial charge in [0.2, 0.25) is 0 Å². The van der Waals surface area contributed by atoms with Crippen molar-refractivity contribution in [1.82, 2.24) is 19.9 Å². The summed E-state index contributed by atoms with van der Waals surface area (Å²) in [5, 5.41) is 23.1. The van der Waals surface area contributed by atoms with Gasteiger partial charge in [-0.2, -0.15) is 0 Å². The fraction of sp³-hybridized carbons (Fsp3) is 0.412. The molecule has 0 saturated carbocycles. The number of halogens is 1. The topological polar surface area (TPSA) is 174 Å². The van der Waals surface area contributed by atoms with E-state index in [4.69, 9.17) is 21.1 Å². The van der Waals surface area contributed by atoms with E-state index in [-0.39, 0.29) is 46.4 Å². The average Bonchev–Trinajstić information content (AvgIpc) is 3.76. The van der Waals surface area contributed by atoms with Crippen molar-refractivity contribution in [1.29, 1.82) is 0 Å². The minimum atomic E-state index is -4.42. The van der Waals surface area contributed by atoms with Crippen LogP contribution in [0.2, 0.25) is 5.02 Å². The predicted octanol–water partition coefficient (Wildman–Crippen LogP) is 8.80. The van der Waals surface area contributed by atoms with Crippen LogP contribution in [0.3, 0.4) is 0 Å². The van der Waals surface area contributed by atoms with Crippen molar-refractivity contribution < 1.29 is 32.6 Å². The molecule has 15 heteroatoms. The van der Waals surface area contributed by atoms with E-state index in [0.29, 0.717) is 55.5 Å². The number of aliphatic hydroxyl groups is 1. The van der Waals surface area contributed by atoms with Gasteiger partial charge in [-0.05, 0) is 141 Å². The van der Waals surface area contributed by atoms with Gasteiger partial charge in [0.1, 0.15) is 17.8 Å². The summed E-state index contributed by atoms with van der Waals surface area (Å²) in [5.41, 5.74) is 6.83. The number of aldehydes is 1. The van der Waals surface area contributed by atoms with Gasteiger partial charge in [-0.15, -0.1) is 0 Å². The highest BCUT2D eigenvalue weighted by Crippen LogP contribution is 2.43. The first-order valence-electron chi connectivity index (χ1n) is 22.7. The first kappa shape index (κ1) is 48.7. The molecule has 1 atom stereocenters. The summed E-state index contributed by atoms with van der Waals surface area (Å²) in [6, 6.07) is 25.1. The molecule has 352 valence electrons. The molecule has 0 radical (unpaired) electrons. The number of hydrogen-bond donors (Lipinski definition) is 6. The third-order valence-corrected chi connectivity index (χ3v) is 14.6. The number of hydrogen-bond acceptors (Lipinski definition) is 11. The zero-order valence-corrected chi connectivity index (χ0v) is 39.9. The number of amides is 1. The molecular formula is C51H63ClN6O7S. The maximum Gasteiger partial charge on any atom is 0.268 e. The van der Waals surface area contributed by atoms with Gasteiger partial charge in [0.15, 0.2) is 0 Å². The standard InChI is InChI=1S/C51H63ClN6O7S/c1-50(2)19-17-37(45(32-50)35-7-9-39(52)10-8-35)33-53-23-24-54-40-11-14-44(48(31-40)65-42-12-15-46-36(29-42)18-22-55-46)49(61)57-66(62,63)43-13-16-47(38(30-43)28-41(60)6-5-25-59)56-34-51(58(3)4)20-26-64-27-21-51/h7-16,18,22,25,29-31,41,53-56,60H,5-6,17,19-21,23-24,26-28,32-34H2,1-4H3,(H,57,61). The van der Waals surface area contributed by atoms with E-state index in [1.807, 2.05) is 50.6 Å². The van der Waals surface area contributed by atoms with E-state index in [2.05, 4.69) is 56.5 Å². The summed E-state index contributed by atoms with van der Waals surface area (Å²) in [5.74, 6) is -0.237. The molecule has 1 aliphatic carbocycles. The van der Waals surface area contributed by atoms with Crippen molar-refractivity contribution in [3.63, 3.8) is 0 Å². The van der Waals surface area contributed by atoms with E-state index in [0.717, 1.165) is 60.9 Å². The van der Waals surface area contributed by atoms with Gasteiger partial charge in [0.05, 0.1) is 16.6 Å². The van der Waals surface area contributed by atoms with Crippen molar-refractivity contribution in [3.8, 4) is 11.5 Å².